The summed E-state index contributed by atoms with van der Waals surface area (Å²) in [5.41, 5.74) is 22.6. The van der Waals surface area contributed by atoms with E-state index >= 15 is 0 Å². The Morgan fingerprint density at radius 2 is 1.35 bits per heavy atom. The molecule has 3 nitrogen and oxygen atoms in total. The maximum absolute atomic E-state index is 6.59. The predicted molar refractivity (Wildman–Crippen MR) is 221 cm³/mol. The van der Waals surface area contributed by atoms with E-state index in [1.807, 2.05) is 48.6 Å². The Morgan fingerprint density at radius 3 is 2.13 bits per heavy atom. The third-order valence-corrected chi connectivity index (χ3v) is 10.3. The lowest BCUT2D eigenvalue weighted by Crippen LogP contribution is -2.14. The molecule has 0 amide bonds. The zero-order valence-corrected chi connectivity index (χ0v) is 29.6. The SMILES string of the molecule is C=C1/C=C\C=C/N(c2ccc(/C(=C/Cc3ccc(-c4ccc5c(c4)C(C)(C)c4ccccc4-5)cc3)N=C(N)c3ccccc3)cc2)c2ccccc21. The second-order valence-corrected chi connectivity index (χ2v) is 13.9. The van der Waals surface area contributed by atoms with Crippen molar-refractivity contribution in [1.82, 2.24) is 0 Å². The average Bonchev–Trinajstić information content (AvgIpc) is 3.41. The van der Waals surface area contributed by atoms with E-state index in [0.717, 1.165) is 39.3 Å². The zero-order chi connectivity index (χ0) is 35.7. The first-order valence-corrected chi connectivity index (χ1v) is 17.8. The molecule has 3 heteroatoms. The van der Waals surface area contributed by atoms with Crippen molar-refractivity contribution in [3.05, 3.63) is 216 Å². The lowest BCUT2D eigenvalue weighted by Gasteiger charge is -2.25. The lowest BCUT2D eigenvalue weighted by atomic mass is 9.81. The smallest absolute Gasteiger partial charge is 0.131 e. The Kier molecular flexibility index (Phi) is 8.62. The molecule has 0 atom stereocenters. The maximum atomic E-state index is 6.59. The van der Waals surface area contributed by atoms with Crippen molar-refractivity contribution in [3.8, 4) is 22.3 Å². The van der Waals surface area contributed by atoms with Crippen molar-refractivity contribution in [2.75, 3.05) is 4.90 Å². The third kappa shape index (κ3) is 6.22. The minimum Gasteiger partial charge on any atom is -0.383 e. The van der Waals surface area contributed by atoms with Crippen LogP contribution in [0.15, 0.2) is 188 Å². The van der Waals surface area contributed by atoms with E-state index in [0.29, 0.717) is 12.3 Å². The molecule has 1 aliphatic carbocycles. The Balaban J connectivity index is 1.08. The highest BCUT2D eigenvalue weighted by molar-refractivity contribution is 6.00. The van der Waals surface area contributed by atoms with Gasteiger partial charge in [-0.1, -0.05) is 160 Å². The zero-order valence-electron chi connectivity index (χ0n) is 29.6. The Hall–Kier alpha value is -6.45. The number of benzene rings is 6. The van der Waals surface area contributed by atoms with E-state index in [1.54, 1.807) is 0 Å². The summed E-state index contributed by atoms with van der Waals surface area (Å²) in [7, 11) is 0. The summed E-state index contributed by atoms with van der Waals surface area (Å²) in [5.74, 6) is 0.485. The standard InChI is InChI=1S/C49H41N3/c1-34-13-11-12-32-52(47-19-10-8-16-41(34)47)40-28-25-37(26-29-40)46(51-48(50)38-14-5-4-6-15-38)31-22-35-20-23-36(24-21-35)39-27-30-43-42-17-7-9-18-44(42)49(2,3)45(43)33-39/h4-21,23-33H,1,22H2,2-3H3,(H2,50,51)/b13-11-,32-12-,46-31-. The molecular formula is C49H41N3. The molecule has 2 aliphatic rings. The van der Waals surface area contributed by atoms with E-state index < -0.39 is 0 Å². The molecule has 0 radical (unpaired) electrons. The first kappa shape index (κ1) is 32.7. The van der Waals surface area contributed by atoms with Gasteiger partial charge in [-0.15, -0.1) is 0 Å². The molecule has 6 aromatic rings. The van der Waals surface area contributed by atoms with Gasteiger partial charge in [-0.2, -0.15) is 0 Å². The van der Waals surface area contributed by atoms with Crippen LogP contribution in [0.3, 0.4) is 0 Å². The van der Waals surface area contributed by atoms with Crippen LogP contribution in [0, 0.1) is 0 Å². The van der Waals surface area contributed by atoms with Crippen LogP contribution in [0.1, 0.15) is 47.2 Å². The number of fused-ring (bicyclic) bond motifs is 4. The number of hydrogen-bond donors (Lipinski definition) is 1. The van der Waals surface area contributed by atoms with E-state index in [4.69, 9.17) is 10.7 Å². The van der Waals surface area contributed by atoms with Crippen molar-refractivity contribution >= 4 is 28.5 Å². The molecule has 1 heterocycles. The first-order valence-electron chi connectivity index (χ1n) is 17.8. The number of amidine groups is 1. The quantitative estimate of drug-likeness (QED) is 0.136. The highest BCUT2D eigenvalue weighted by Crippen LogP contribution is 2.49. The van der Waals surface area contributed by atoms with Crippen LogP contribution in [0.2, 0.25) is 0 Å². The minimum atomic E-state index is -0.0243. The van der Waals surface area contributed by atoms with E-state index in [2.05, 4.69) is 153 Å². The van der Waals surface area contributed by atoms with Gasteiger partial charge in [-0.25, -0.2) is 4.99 Å². The topological polar surface area (TPSA) is 41.6 Å². The normalized spacial score (nSPS) is 16.0. The number of rotatable bonds is 7. The van der Waals surface area contributed by atoms with Crippen LogP contribution >= 0.6 is 0 Å². The van der Waals surface area contributed by atoms with E-state index in [1.165, 1.54) is 38.9 Å². The maximum Gasteiger partial charge on any atom is 0.131 e. The van der Waals surface area contributed by atoms with Crippen molar-refractivity contribution in [1.29, 1.82) is 0 Å². The van der Waals surface area contributed by atoms with Gasteiger partial charge in [-0.3, -0.25) is 0 Å². The van der Waals surface area contributed by atoms with Crippen LogP contribution in [0.25, 0.3) is 33.5 Å². The summed E-state index contributed by atoms with van der Waals surface area (Å²) in [5, 5.41) is 0. The van der Waals surface area contributed by atoms with Gasteiger partial charge < -0.3 is 10.6 Å². The second kappa shape index (κ2) is 13.7. The van der Waals surface area contributed by atoms with Gasteiger partial charge in [0.1, 0.15) is 5.84 Å². The molecule has 6 aromatic carbocycles. The van der Waals surface area contributed by atoms with Crippen molar-refractivity contribution in [2.24, 2.45) is 10.7 Å². The molecule has 0 unspecified atom stereocenters. The Labute approximate surface area is 307 Å². The molecule has 0 fully saturated rings. The molecule has 2 N–H and O–H groups in total. The number of allylic oxidation sites excluding steroid dienone is 5. The molecule has 0 spiro atoms. The van der Waals surface area contributed by atoms with Gasteiger partial charge in [0.25, 0.3) is 0 Å². The number of para-hydroxylation sites is 1. The number of anilines is 2. The number of nitrogens with two attached hydrogens (primary N) is 1. The van der Waals surface area contributed by atoms with Crippen molar-refractivity contribution < 1.29 is 0 Å². The van der Waals surface area contributed by atoms with Gasteiger partial charge in [0, 0.05) is 34.0 Å². The highest BCUT2D eigenvalue weighted by atomic mass is 15.1. The van der Waals surface area contributed by atoms with Gasteiger partial charge in [0.2, 0.25) is 0 Å². The minimum absolute atomic E-state index is 0.0243. The summed E-state index contributed by atoms with van der Waals surface area (Å²) in [6.07, 6.45) is 11.1. The molecule has 1 aliphatic heterocycles. The van der Waals surface area contributed by atoms with Crippen molar-refractivity contribution in [2.45, 2.75) is 25.7 Å². The van der Waals surface area contributed by atoms with Gasteiger partial charge >= 0.3 is 0 Å². The Bertz CT molecular complexity index is 2410. The largest absolute Gasteiger partial charge is 0.383 e. The van der Waals surface area contributed by atoms with Crippen LogP contribution in [-0.4, -0.2) is 5.84 Å². The van der Waals surface area contributed by atoms with Crippen LogP contribution in [-0.2, 0) is 11.8 Å². The fourth-order valence-corrected chi connectivity index (χ4v) is 7.41. The Morgan fingerprint density at radius 1 is 0.673 bits per heavy atom. The number of hydrogen-bond acceptors (Lipinski definition) is 2. The van der Waals surface area contributed by atoms with Gasteiger partial charge in [-0.05, 0) is 81.3 Å². The summed E-state index contributed by atoms with van der Waals surface area (Å²) in [6.45, 7) is 8.94. The fraction of sp³-hybridized carbons (Fsp3) is 0.0816. The molecule has 0 aromatic heterocycles. The first-order chi connectivity index (χ1) is 25.4. The van der Waals surface area contributed by atoms with E-state index in [-0.39, 0.29) is 5.41 Å². The molecular weight excluding hydrogens is 631 g/mol. The summed E-state index contributed by atoms with van der Waals surface area (Å²) in [4.78, 5) is 7.18. The second-order valence-electron chi connectivity index (χ2n) is 13.9. The third-order valence-electron chi connectivity index (χ3n) is 10.3. The summed E-state index contributed by atoms with van der Waals surface area (Å²) in [6, 6.07) is 51.4. The highest BCUT2D eigenvalue weighted by Gasteiger charge is 2.35. The lowest BCUT2D eigenvalue weighted by molar-refractivity contribution is 0.660. The average molecular weight is 672 g/mol. The number of aliphatic imine (C=N–C) groups is 1. The van der Waals surface area contributed by atoms with Crippen LogP contribution in [0.4, 0.5) is 11.4 Å². The van der Waals surface area contributed by atoms with Gasteiger partial charge in [0.15, 0.2) is 0 Å². The van der Waals surface area contributed by atoms with Crippen LogP contribution < -0.4 is 10.6 Å². The van der Waals surface area contributed by atoms with Crippen molar-refractivity contribution in [3.63, 3.8) is 0 Å². The fourth-order valence-electron chi connectivity index (χ4n) is 7.41. The molecule has 0 bridgehead atoms. The van der Waals surface area contributed by atoms with Crippen LogP contribution in [0.5, 0.6) is 0 Å². The number of nitrogens with zero attached hydrogens (tertiary/aromatic N) is 2. The summed E-state index contributed by atoms with van der Waals surface area (Å²) >= 11 is 0. The molecule has 0 saturated carbocycles. The molecule has 252 valence electrons. The molecule has 52 heavy (non-hydrogen) atoms. The summed E-state index contributed by atoms with van der Waals surface area (Å²) < 4.78 is 0. The molecule has 8 rings (SSSR count). The van der Waals surface area contributed by atoms with Gasteiger partial charge in [0.05, 0.1) is 11.4 Å². The van der Waals surface area contributed by atoms with E-state index in [9.17, 15) is 0 Å². The monoisotopic (exact) mass is 671 g/mol. The predicted octanol–water partition coefficient (Wildman–Crippen LogP) is 11.9. The molecule has 0 saturated heterocycles.